The molecular weight excluding hydrogens is 382 g/mol. The van der Waals surface area contributed by atoms with E-state index < -0.39 is 0 Å². The maximum atomic E-state index is 13.4. The van der Waals surface area contributed by atoms with Crippen molar-refractivity contribution in [2.24, 2.45) is 5.92 Å². The normalized spacial score (nSPS) is 14.7. The first kappa shape index (κ1) is 19.9. The number of para-hydroxylation sites is 1. The Morgan fingerprint density at radius 3 is 2.50 bits per heavy atom. The van der Waals surface area contributed by atoms with Crippen LogP contribution in [-0.4, -0.2) is 46.3 Å². The van der Waals surface area contributed by atoms with Crippen molar-refractivity contribution in [3.05, 3.63) is 60.0 Å². The highest BCUT2D eigenvalue weighted by Crippen LogP contribution is 2.26. The molecule has 1 amide bonds. The van der Waals surface area contributed by atoms with Crippen molar-refractivity contribution in [3.8, 4) is 17.1 Å². The van der Waals surface area contributed by atoms with Gasteiger partial charge in [-0.3, -0.25) is 9.59 Å². The fraction of sp³-hybridized carbons (Fsp3) is 0.348. The molecule has 1 aliphatic heterocycles. The van der Waals surface area contributed by atoms with E-state index in [-0.39, 0.29) is 17.8 Å². The fourth-order valence-electron chi connectivity index (χ4n) is 3.73. The van der Waals surface area contributed by atoms with Crippen molar-refractivity contribution in [1.29, 1.82) is 0 Å². The van der Waals surface area contributed by atoms with E-state index in [0.717, 1.165) is 11.4 Å². The molecule has 1 fully saturated rings. The number of piperidine rings is 1. The number of carbonyl (C=O) groups excluding carboxylic acids is 2. The molecule has 7 nitrogen and oxygen atoms in total. The lowest BCUT2D eigenvalue weighted by Gasteiger charge is -2.30. The number of furan rings is 1. The van der Waals surface area contributed by atoms with Crippen molar-refractivity contribution in [2.45, 2.75) is 26.7 Å². The third kappa shape index (κ3) is 4.01. The van der Waals surface area contributed by atoms with Gasteiger partial charge < -0.3 is 14.1 Å². The van der Waals surface area contributed by atoms with E-state index in [1.807, 2.05) is 49.4 Å². The maximum absolute atomic E-state index is 13.4. The highest BCUT2D eigenvalue weighted by Gasteiger charge is 2.30. The Balaban J connectivity index is 1.60. The van der Waals surface area contributed by atoms with Gasteiger partial charge in [-0.05, 0) is 51.0 Å². The summed E-state index contributed by atoms with van der Waals surface area (Å²) >= 11 is 0. The highest BCUT2D eigenvalue weighted by molar-refractivity contribution is 5.94. The van der Waals surface area contributed by atoms with Crippen LogP contribution in [0.2, 0.25) is 0 Å². The van der Waals surface area contributed by atoms with E-state index in [1.165, 1.54) is 0 Å². The summed E-state index contributed by atoms with van der Waals surface area (Å²) in [4.78, 5) is 27.1. The molecule has 7 heteroatoms. The molecule has 0 N–H and O–H groups in total. The molecule has 0 aliphatic carbocycles. The zero-order chi connectivity index (χ0) is 21.1. The van der Waals surface area contributed by atoms with Crippen LogP contribution in [0.3, 0.4) is 0 Å². The third-order valence-corrected chi connectivity index (χ3v) is 5.32. The predicted octanol–water partition coefficient (Wildman–Crippen LogP) is 3.86. The molecule has 2 aromatic heterocycles. The van der Waals surface area contributed by atoms with Crippen LogP contribution in [0.4, 0.5) is 0 Å². The summed E-state index contributed by atoms with van der Waals surface area (Å²) < 4.78 is 12.5. The van der Waals surface area contributed by atoms with Crippen LogP contribution in [0.25, 0.3) is 17.1 Å². The number of hydrogen-bond donors (Lipinski definition) is 0. The van der Waals surface area contributed by atoms with Gasteiger partial charge in [0, 0.05) is 19.2 Å². The van der Waals surface area contributed by atoms with E-state index in [4.69, 9.17) is 9.15 Å². The molecule has 0 atom stereocenters. The Kier molecular flexibility index (Phi) is 5.70. The molecule has 0 spiro atoms. The van der Waals surface area contributed by atoms with Crippen molar-refractivity contribution < 1.29 is 18.7 Å². The average molecular weight is 407 g/mol. The second-order valence-corrected chi connectivity index (χ2v) is 7.39. The van der Waals surface area contributed by atoms with Gasteiger partial charge in [0.05, 0.1) is 18.2 Å². The minimum absolute atomic E-state index is 0.108. The van der Waals surface area contributed by atoms with Gasteiger partial charge in [-0.2, -0.15) is 5.10 Å². The number of likely N-dealkylation sites (tertiary alicyclic amines) is 1. The Morgan fingerprint density at radius 1 is 1.13 bits per heavy atom. The van der Waals surface area contributed by atoms with Gasteiger partial charge in [0.1, 0.15) is 17.1 Å². The number of carbonyl (C=O) groups is 2. The first-order valence-corrected chi connectivity index (χ1v) is 10.2. The van der Waals surface area contributed by atoms with E-state index in [2.05, 4.69) is 5.10 Å². The smallest absolute Gasteiger partial charge is 0.309 e. The molecule has 156 valence electrons. The Bertz CT molecular complexity index is 1030. The maximum Gasteiger partial charge on any atom is 0.309 e. The number of amides is 1. The summed E-state index contributed by atoms with van der Waals surface area (Å²) in [5, 5.41) is 4.65. The summed E-state index contributed by atoms with van der Waals surface area (Å²) in [5.74, 6) is 0.984. The Labute approximate surface area is 175 Å². The Morgan fingerprint density at radius 2 is 1.87 bits per heavy atom. The molecule has 30 heavy (non-hydrogen) atoms. The molecule has 1 aliphatic rings. The molecule has 0 saturated carbocycles. The lowest BCUT2D eigenvalue weighted by molar-refractivity contribution is -0.149. The van der Waals surface area contributed by atoms with Crippen molar-refractivity contribution in [3.63, 3.8) is 0 Å². The monoisotopic (exact) mass is 407 g/mol. The molecule has 3 aromatic rings. The second kappa shape index (κ2) is 8.57. The minimum Gasteiger partial charge on any atom is -0.466 e. The average Bonchev–Trinajstić information content (AvgIpc) is 3.41. The molecule has 1 aromatic carbocycles. The summed E-state index contributed by atoms with van der Waals surface area (Å²) in [6, 6.07) is 15.1. The minimum atomic E-state index is -0.172. The van der Waals surface area contributed by atoms with Crippen LogP contribution in [0, 0.1) is 12.8 Å². The first-order chi connectivity index (χ1) is 14.6. The number of esters is 1. The van der Waals surface area contributed by atoms with Crippen LogP contribution in [0.5, 0.6) is 0 Å². The van der Waals surface area contributed by atoms with Gasteiger partial charge in [0.2, 0.25) is 0 Å². The molecular formula is C23H25N3O4. The van der Waals surface area contributed by atoms with Gasteiger partial charge in [-0.1, -0.05) is 18.2 Å². The van der Waals surface area contributed by atoms with Gasteiger partial charge in [-0.25, -0.2) is 4.68 Å². The number of benzene rings is 1. The van der Waals surface area contributed by atoms with Crippen LogP contribution in [-0.2, 0) is 9.53 Å². The molecule has 0 bridgehead atoms. The zero-order valence-electron chi connectivity index (χ0n) is 17.2. The molecule has 1 saturated heterocycles. The SMILES string of the molecule is CCOC(=O)C1CCN(C(=O)c2cc(-c3ccc(C)o3)nn2-c2ccccc2)CC1. The molecule has 0 unspecified atom stereocenters. The summed E-state index contributed by atoms with van der Waals surface area (Å²) in [6.45, 7) is 5.08. The van der Waals surface area contributed by atoms with Crippen molar-refractivity contribution in [1.82, 2.24) is 14.7 Å². The van der Waals surface area contributed by atoms with Gasteiger partial charge >= 0.3 is 5.97 Å². The van der Waals surface area contributed by atoms with E-state index >= 15 is 0 Å². The Hall–Kier alpha value is -3.35. The van der Waals surface area contributed by atoms with E-state index in [0.29, 0.717) is 49.7 Å². The first-order valence-electron chi connectivity index (χ1n) is 10.2. The summed E-state index contributed by atoms with van der Waals surface area (Å²) in [7, 11) is 0. The molecule has 0 radical (unpaired) electrons. The lowest BCUT2D eigenvalue weighted by Crippen LogP contribution is -2.41. The van der Waals surface area contributed by atoms with Crippen molar-refractivity contribution in [2.75, 3.05) is 19.7 Å². The van der Waals surface area contributed by atoms with Gasteiger partial charge in [-0.15, -0.1) is 0 Å². The van der Waals surface area contributed by atoms with Crippen LogP contribution < -0.4 is 0 Å². The number of rotatable bonds is 5. The summed E-state index contributed by atoms with van der Waals surface area (Å²) in [6.07, 6.45) is 1.21. The van der Waals surface area contributed by atoms with Crippen molar-refractivity contribution >= 4 is 11.9 Å². The molecule has 3 heterocycles. The summed E-state index contributed by atoms with van der Waals surface area (Å²) in [5.41, 5.74) is 1.88. The number of ether oxygens (including phenoxy) is 1. The number of nitrogens with zero attached hydrogens (tertiary/aromatic N) is 3. The quantitative estimate of drug-likeness (QED) is 0.600. The number of aryl methyl sites for hydroxylation is 1. The van der Waals surface area contributed by atoms with Crippen LogP contribution >= 0.6 is 0 Å². The topological polar surface area (TPSA) is 77.6 Å². The zero-order valence-corrected chi connectivity index (χ0v) is 17.2. The molecule has 4 rings (SSSR count). The number of hydrogen-bond acceptors (Lipinski definition) is 5. The van der Waals surface area contributed by atoms with Gasteiger partial charge in [0.25, 0.3) is 5.91 Å². The highest BCUT2D eigenvalue weighted by atomic mass is 16.5. The van der Waals surface area contributed by atoms with Crippen LogP contribution in [0.15, 0.2) is 52.9 Å². The van der Waals surface area contributed by atoms with E-state index in [9.17, 15) is 9.59 Å². The fourth-order valence-corrected chi connectivity index (χ4v) is 3.73. The van der Waals surface area contributed by atoms with Crippen LogP contribution in [0.1, 0.15) is 36.0 Å². The third-order valence-electron chi connectivity index (χ3n) is 5.32. The lowest BCUT2D eigenvalue weighted by atomic mass is 9.97. The van der Waals surface area contributed by atoms with E-state index in [1.54, 1.807) is 22.6 Å². The predicted molar refractivity (Wildman–Crippen MR) is 111 cm³/mol. The standard InChI is InChI=1S/C23H25N3O4/c1-3-29-23(28)17-11-13-25(14-12-17)22(27)20-15-19(21-10-9-16(2)30-21)24-26(20)18-7-5-4-6-8-18/h4-10,15,17H,3,11-14H2,1-2H3. The number of aromatic nitrogens is 2. The van der Waals surface area contributed by atoms with Gasteiger partial charge in [0.15, 0.2) is 5.76 Å². The largest absolute Gasteiger partial charge is 0.466 e. The second-order valence-electron chi connectivity index (χ2n) is 7.39.